The molecule has 0 atom stereocenters. The van der Waals surface area contributed by atoms with E-state index in [0.29, 0.717) is 5.95 Å². The fourth-order valence-corrected chi connectivity index (χ4v) is 3.71. The number of nitrogens with one attached hydrogen (secondary N) is 1. The molecule has 0 saturated carbocycles. The van der Waals surface area contributed by atoms with Gasteiger partial charge in [0.15, 0.2) is 0 Å². The average Bonchev–Trinajstić information content (AvgIpc) is 3.16. The quantitative estimate of drug-likeness (QED) is 0.682. The Hall–Kier alpha value is -2.80. The summed E-state index contributed by atoms with van der Waals surface area (Å²) < 4.78 is 1.77. The van der Waals surface area contributed by atoms with Crippen LogP contribution in [0.1, 0.15) is 19.4 Å². The molecule has 2 heterocycles. The van der Waals surface area contributed by atoms with Gasteiger partial charge in [0.1, 0.15) is 6.33 Å². The lowest BCUT2D eigenvalue weighted by Gasteiger charge is -2.43. The average molecular weight is 386 g/mol. The molecule has 1 fully saturated rings. The van der Waals surface area contributed by atoms with Crippen molar-refractivity contribution in [3.05, 3.63) is 60.4 Å². The van der Waals surface area contributed by atoms with E-state index in [1.807, 2.05) is 30.3 Å². The third-order valence-corrected chi connectivity index (χ3v) is 5.29. The molecule has 0 spiro atoms. The van der Waals surface area contributed by atoms with Crippen LogP contribution in [0.3, 0.4) is 0 Å². The van der Waals surface area contributed by atoms with Crippen molar-refractivity contribution < 1.29 is 0 Å². The van der Waals surface area contributed by atoms with Crippen molar-refractivity contribution in [2.24, 2.45) is 0 Å². The molecule has 1 N–H and O–H groups in total. The van der Waals surface area contributed by atoms with Crippen LogP contribution in [0.15, 0.2) is 54.9 Å². The zero-order valence-electron chi connectivity index (χ0n) is 17.3. The molecule has 148 valence electrons. The third-order valence-electron chi connectivity index (χ3n) is 5.29. The number of nitrogens with zero attached hydrogens (tertiary/aromatic N) is 5. The van der Waals surface area contributed by atoms with Crippen molar-refractivity contribution in [2.45, 2.75) is 26.2 Å². The monoisotopic (exact) mass is 386 g/mol. The van der Waals surface area contributed by atoms with Crippen LogP contribution in [0.4, 0.5) is 17.3 Å². The first kappa shape index (κ1) is 19.5. The number of aryl methyl sites for hydroxylation is 1. The summed E-state index contributed by atoms with van der Waals surface area (Å²) in [6.07, 6.45) is 1.72. The maximum Gasteiger partial charge on any atom is 0.246 e. The number of rotatable bonds is 5. The minimum atomic E-state index is -0.269. The van der Waals surface area contributed by atoms with E-state index >= 15 is 0 Å². The predicted octanol–water partition coefficient (Wildman–Crippen LogP) is 3.35. The van der Waals surface area contributed by atoms with Crippen LogP contribution in [0, 0.1) is 6.92 Å². The maximum atomic E-state index is 6.25. The lowest BCUT2D eigenvalue weighted by atomic mass is 9.79. The highest BCUT2D eigenvalue weighted by atomic mass is 15.4. The summed E-state index contributed by atoms with van der Waals surface area (Å²) in [4.78, 5) is 9.15. The van der Waals surface area contributed by atoms with Crippen LogP contribution in [0.25, 0.3) is 5.69 Å². The minimum absolute atomic E-state index is 0.269. The Morgan fingerprint density at radius 2 is 1.69 bits per heavy atom. The molecule has 0 aliphatic carbocycles. The third kappa shape index (κ3) is 4.62. The number of para-hydroxylation sites is 1. The second kappa shape index (κ2) is 7.91. The Bertz CT molecular complexity index is 955. The molecule has 1 saturated heterocycles. The smallest absolute Gasteiger partial charge is 0.246 e. The van der Waals surface area contributed by atoms with Gasteiger partial charge in [0.2, 0.25) is 5.95 Å². The summed E-state index contributed by atoms with van der Waals surface area (Å²) >= 11 is 0. The summed E-state index contributed by atoms with van der Waals surface area (Å²) in [6, 6.07) is 16.5. The van der Waals surface area contributed by atoms with Crippen LogP contribution < -0.4 is 10.2 Å². The van der Waals surface area contributed by atoms with Gasteiger partial charge in [-0.25, -0.2) is 4.68 Å². The first-order valence-electron chi connectivity index (χ1n) is 10.0. The van der Waals surface area contributed by atoms with Crippen molar-refractivity contribution in [2.75, 3.05) is 36.4 Å². The Balaban J connectivity index is 1.48. The number of hydrogen-bond acceptors (Lipinski definition) is 5. The molecule has 0 bridgehead atoms. The summed E-state index contributed by atoms with van der Waals surface area (Å²) in [5.74, 6) is 0.583. The van der Waals surface area contributed by atoms with E-state index < -0.39 is 0 Å². The van der Waals surface area contributed by atoms with Crippen molar-refractivity contribution in [1.29, 1.82) is 0 Å². The molecular formula is C22H27BN6. The summed E-state index contributed by atoms with van der Waals surface area (Å²) in [5.41, 5.74) is 4.12. The van der Waals surface area contributed by atoms with Crippen LogP contribution in [-0.4, -0.2) is 59.1 Å². The second-order valence-electron chi connectivity index (χ2n) is 8.16. The van der Waals surface area contributed by atoms with Crippen molar-refractivity contribution in [3.8, 4) is 5.69 Å². The Morgan fingerprint density at radius 3 is 2.38 bits per heavy atom. The van der Waals surface area contributed by atoms with Crippen molar-refractivity contribution >= 4 is 25.2 Å². The molecule has 29 heavy (non-hydrogen) atoms. The Kier molecular flexibility index (Phi) is 5.32. The molecule has 1 aliphatic rings. The molecule has 2 radical (unpaired) electrons. The normalized spacial score (nSPS) is 15.5. The number of benzene rings is 2. The molecular weight excluding hydrogens is 359 g/mol. The SMILES string of the molecule is [B]C(C)(C)N1CCN(c2cc(C)cc(Nc3ncn(-c4ccccc4)n3)c2)CC1. The summed E-state index contributed by atoms with van der Waals surface area (Å²) in [6.45, 7) is 10.1. The van der Waals surface area contributed by atoms with Gasteiger partial charge in [-0.15, -0.1) is 5.10 Å². The van der Waals surface area contributed by atoms with Gasteiger partial charge in [-0.2, -0.15) is 4.98 Å². The topological polar surface area (TPSA) is 49.2 Å². The Morgan fingerprint density at radius 1 is 0.966 bits per heavy atom. The molecule has 0 amide bonds. The zero-order valence-corrected chi connectivity index (χ0v) is 17.3. The van der Waals surface area contributed by atoms with Gasteiger partial charge in [-0.05, 0) is 48.3 Å². The number of piperazine rings is 1. The van der Waals surface area contributed by atoms with E-state index in [4.69, 9.17) is 7.85 Å². The van der Waals surface area contributed by atoms with Crippen LogP contribution in [0.5, 0.6) is 0 Å². The lowest BCUT2D eigenvalue weighted by Crippen LogP contribution is -2.55. The number of hydrogen-bond donors (Lipinski definition) is 1. The summed E-state index contributed by atoms with van der Waals surface area (Å²) in [7, 11) is 6.25. The van der Waals surface area contributed by atoms with E-state index in [2.05, 4.69) is 64.2 Å². The van der Waals surface area contributed by atoms with E-state index in [1.54, 1.807) is 11.0 Å². The molecule has 2 aromatic carbocycles. The van der Waals surface area contributed by atoms with Gasteiger partial charge in [0, 0.05) is 37.6 Å². The fourth-order valence-electron chi connectivity index (χ4n) is 3.71. The molecule has 7 heteroatoms. The molecule has 3 aromatic rings. The van der Waals surface area contributed by atoms with E-state index in [9.17, 15) is 0 Å². The van der Waals surface area contributed by atoms with Gasteiger partial charge in [0.25, 0.3) is 0 Å². The highest BCUT2D eigenvalue weighted by Crippen LogP contribution is 2.26. The van der Waals surface area contributed by atoms with Gasteiger partial charge in [-0.3, -0.25) is 0 Å². The number of anilines is 3. The molecule has 1 aliphatic heterocycles. The molecule has 1 aromatic heterocycles. The first-order chi connectivity index (χ1) is 13.9. The first-order valence-corrected chi connectivity index (χ1v) is 10.0. The van der Waals surface area contributed by atoms with Crippen molar-refractivity contribution in [3.63, 3.8) is 0 Å². The largest absolute Gasteiger partial charge is 0.369 e. The van der Waals surface area contributed by atoms with Crippen LogP contribution in [0.2, 0.25) is 0 Å². The standard InChI is InChI=1S/C22H27BN6/c1-17-13-18(25-21-24-16-29(26-21)19-7-5-4-6-8-19)15-20(14-17)27-9-11-28(12-10-27)22(2,3)23/h4-8,13-16H,9-12H2,1-3H3,(H,25,26). The van der Waals surface area contributed by atoms with E-state index in [0.717, 1.165) is 37.6 Å². The highest BCUT2D eigenvalue weighted by Gasteiger charge is 2.25. The second-order valence-corrected chi connectivity index (χ2v) is 8.16. The number of aromatic nitrogens is 3. The van der Waals surface area contributed by atoms with Gasteiger partial charge < -0.3 is 15.1 Å². The lowest BCUT2D eigenvalue weighted by molar-refractivity contribution is 0.178. The summed E-state index contributed by atoms with van der Waals surface area (Å²) in [5, 5.41) is 7.89. The predicted molar refractivity (Wildman–Crippen MR) is 119 cm³/mol. The Labute approximate surface area is 174 Å². The molecule has 0 unspecified atom stereocenters. The zero-order chi connectivity index (χ0) is 20.4. The maximum absolute atomic E-state index is 6.25. The van der Waals surface area contributed by atoms with Crippen molar-refractivity contribution in [1.82, 2.24) is 19.7 Å². The fraction of sp³-hybridized carbons (Fsp3) is 0.364. The van der Waals surface area contributed by atoms with Gasteiger partial charge in [-0.1, -0.05) is 32.0 Å². The van der Waals surface area contributed by atoms with Crippen LogP contribution >= 0.6 is 0 Å². The van der Waals surface area contributed by atoms with Crippen LogP contribution in [-0.2, 0) is 0 Å². The van der Waals surface area contributed by atoms with Gasteiger partial charge >= 0.3 is 0 Å². The minimum Gasteiger partial charge on any atom is -0.369 e. The highest BCUT2D eigenvalue weighted by molar-refractivity contribution is 6.14. The van der Waals surface area contributed by atoms with E-state index in [-0.39, 0.29) is 5.44 Å². The molecule has 6 nitrogen and oxygen atoms in total. The van der Waals surface area contributed by atoms with E-state index in [1.165, 1.54) is 11.3 Å². The van der Waals surface area contributed by atoms with Gasteiger partial charge in [0.05, 0.1) is 13.5 Å². The molecule has 4 rings (SSSR count).